The lowest BCUT2D eigenvalue weighted by Gasteiger charge is -2.27. The van der Waals surface area contributed by atoms with E-state index in [4.69, 9.17) is 0 Å². The van der Waals surface area contributed by atoms with Gasteiger partial charge in [0.25, 0.3) is 0 Å². The SMILES string of the molecule is CNC(C)c1ccnc(N(C)C(C)c2ccccc2F)c1. The van der Waals surface area contributed by atoms with Gasteiger partial charge in [0.2, 0.25) is 0 Å². The second kappa shape index (κ2) is 6.68. The van der Waals surface area contributed by atoms with Crippen LogP contribution in [0.2, 0.25) is 0 Å². The molecule has 0 radical (unpaired) electrons. The predicted molar refractivity (Wildman–Crippen MR) is 84.9 cm³/mol. The van der Waals surface area contributed by atoms with Crippen LogP contribution in [-0.4, -0.2) is 19.1 Å². The largest absolute Gasteiger partial charge is 0.353 e. The number of benzene rings is 1. The van der Waals surface area contributed by atoms with Crippen LogP contribution in [0.3, 0.4) is 0 Å². The maximum absolute atomic E-state index is 13.9. The minimum atomic E-state index is -0.184. The molecule has 1 aromatic heterocycles. The molecular formula is C17H22FN3. The van der Waals surface area contributed by atoms with Gasteiger partial charge in [0.15, 0.2) is 0 Å². The Kier molecular flexibility index (Phi) is 4.91. The van der Waals surface area contributed by atoms with Crippen molar-refractivity contribution in [3.05, 3.63) is 59.5 Å². The maximum Gasteiger partial charge on any atom is 0.129 e. The van der Waals surface area contributed by atoms with E-state index in [1.807, 2.05) is 50.2 Å². The first-order valence-electron chi connectivity index (χ1n) is 7.15. The summed E-state index contributed by atoms with van der Waals surface area (Å²) in [5.41, 5.74) is 1.84. The minimum Gasteiger partial charge on any atom is -0.353 e. The van der Waals surface area contributed by atoms with Gasteiger partial charge in [-0.2, -0.15) is 0 Å². The molecule has 0 fully saturated rings. The number of anilines is 1. The number of nitrogens with one attached hydrogen (secondary N) is 1. The third-order valence-electron chi connectivity index (χ3n) is 4.00. The zero-order chi connectivity index (χ0) is 15.4. The van der Waals surface area contributed by atoms with E-state index < -0.39 is 0 Å². The van der Waals surface area contributed by atoms with Gasteiger partial charge < -0.3 is 10.2 Å². The van der Waals surface area contributed by atoms with Crippen molar-refractivity contribution in [1.82, 2.24) is 10.3 Å². The van der Waals surface area contributed by atoms with Crippen LogP contribution in [0.15, 0.2) is 42.6 Å². The van der Waals surface area contributed by atoms with Crippen molar-refractivity contribution in [2.75, 3.05) is 19.0 Å². The summed E-state index contributed by atoms with van der Waals surface area (Å²) in [6, 6.07) is 11.1. The molecule has 112 valence electrons. The Morgan fingerprint density at radius 3 is 2.57 bits per heavy atom. The number of halogens is 1. The van der Waals surface area contributed by atoms with Crippen LogP contribution in [0.1, 0.15) is 37.1 Å². The van der Waals surface area contributed by atoms with Gasteiger partial charge in [-0.15, -0.1) is 0 Å². The minimum absolute atomic E-state index is 0.0844. The fraction of sp³-hybridized carbons (Fsp3) is 0.353. The lowest BCUT2D eigenvalue weighted by Crippen LogP contribution is -2.24. The Hall–Kier alpha value is -1.94. The normalized spacial score (nSPS) is 13.8. The molecule has 0 aliphatic heterocycles. The first kappa shape index (κ1) is 15.4. The Bertz CT molecular complexity index is 600. The number of pyridine rings is 1. The van der Waals surface area contributed by atoms with Crippen LogP contribution in [0.4, 0.5) is 10.2 Å². The second-order valence-corrected chi connectivity index (χ2v) is 5.27. The van der Waals surface area contributed by atoms with Gasteiger partial charge in [0.05, 0.1) is 6.04 Å². The standard InChI is InChI=1S/C17H22FN3/c1-12(19-3)14-9-10-20-17(11-14)21(4)13(2)15-7-5-6-8-16(15)18/h5-13,19H,1-4H3. The smallest absolute Gasteiger partial charge is 0.129 e. The molecule has 4 heteroatoms. The first-order chi connectivity index (χ1) is 10.0. The molecule has 21 heavy (non-hydrogen) atoms. The van der Waals surface area contributed by atoms with Crippen molar-refractivity contribution in [3.8, 4) is 0 Å². The molecule has 0 bridgehead atoms. The first-order valence-corrected chi connectivity index (χ1v) is 7.15. The van der Waals surface area contributed by atoms with Crippen molar-refractivity contribution in [2.24, 2.45) is 0 Å². The van der Waals surface area contributed by atoms with Gasteiger partial charge in [0.1, 0.15) is 11.6 Å². The van der Waals surface area contributed by atoms with Crippen molar-refractivity contribution < 1.29 is 4.39 Å². The van der Waals surface area contributed by atoms with E-state index in [-0.39, 0.29) is 17.9 Å². The van der Waals surface area contributed by atoms with E-state index in [9.17, 15) is 4.39 Å². The Morgan fingerprint density at radius 2 is 1.90 bits per heavy atom. The van der Waals surface area contributed by atoms with Gasteiger partial charge in [0, 0.05) is 24.8 Å². The number of rotatable bonds is 5. The van der Waals surface area contributed by atoms with Gasteiger partial charge >= 0.3 is 0 Å². The fourth-order valence-electron chi connectivity index (χ4n) is 2.28. The van der Waals surface area contributed by atoms with Crippen molar-refractivity contribution in [1.29, 1.82) is 0 Å². The van der Waals surface area contributed by atoms with Gasteiger partial charge in [-0.1, -0.05) is 18.2 Å². The monoisotopic (exact) mass is 287 g/mol. The highest BCUT2D eigenvalue weighted by Crippen LogP contribution is 2.27. The third kappa shape index (κ3) is 3.39. The van der Waals surface area contributed by atoms with Crippen LogP contribution >= 0.6 is 0 Å². The summed E-state index contributed by atoms with van der Waals surface area (Å²) in [5.74, 6) is 0.655. The number of hydrogen-bond donors (Lipinski definition) is 1. The molecule has 0 aliphatic carbocycles. The summed E-state index contributed by atoms with van der Waals surface area (Å²) in [5, 5.41) is 3.21. The quantitative estimate of drug-likeness (QED) is 0.909. The van der Waals surface area contributed by atoms with E-state index in [0.29, 0.717) is 5.56 Å². The van der Waals surface area contributed by atoms with Crippen LogP contribution in [0.25, 0.3) is 0 Å². The number of hydrogen-bond acceptors (Lipinski definition) is 3. The highest BCUT2D eigenvalue weighted by Gasteiger charge is 2.17. The van der Waals surface area contributed by atoms with Gasteiger partial charge in [-0.25, -0.2) is 9.37 Å². The molecule has 2 aromatic rings. The maximum atomic E-state index is 13.9. The molecule has 0 saturated heterocycles. The summed E-state index contributed by atoms with van der Waals surface area (Å²) < 4.78 is 13.9. The Labute approximate surface area is 125 Å². The molecule has 2 rings (SSSR count). The summed E-state index contributed by atoms with van der Waals surface area (Å²) in [7, 11) is 3.86. The van der Waals surface area contributed by atoms with Crippen LogP contribution in [-0.2, 0) is 0 Å². The topological polar surface area (TPSA) is 28.2 Å². The molecule has 1 aromatic carbocycles. The van der Waals surface area contributed by atoms with Gasteiger partial charge in [-0.05, 0) is 44.7 Å². The van der Waals surface area contributed by atoms with Crippen LogP contribution in [0.5, 0.6) is 0 Å². The summed E-state index contributed by atoms with van der Waals surface area (Å²) in [6.45, 7) is 4.08. The molecule has 0 saturated carbocycles. The fourth-order valence-corrected chi connectivity index (χ4v) is 2.28. The van der Waals surface area contributed by atoms with E-state index in [2.05, 4.69) is 17.2 Å². The lowest BCUT2D eigenvalue weighted by atomic mass is 10.1. The lowest BCUT2D eigenvalue weighted by molar-refractivity contribution is 0.583. The summed E-state index contributed by atoms with van der Waals surface area (Å²) in [6.07, 6.45) is 1.79. The number of nitrogens with zero attached hydrogens (tertiary/aromatic N) is 2. The third-order valence-corrected chi connectivity index (χ3v) is 4.00. The molecule has 2 unspecified atom stereocenters. The van der Waals surface area contributed by atoms with Crippen molar-refractivity contribution >= 4 is 5.82 Å². The van der Waals surface area contributed by atoms with Crippen molar-refractivity contribution in [3.63, 3.8) is 0 Å². The molecule has 0 spiro atoms. The number of aromatic nitrogens is 1. The van der Waals surface area contributed by atoms with Gasteiger partial charge in [-0.3, -0.25) is 0 Å². The second-order valence-electron chi connectivity index (χ2n) is 5.27. The zero-order valence-corrected chi connectivity index (χ0v) is 13.0. The van der Waals surface area contributed by atoms with E-state index >= 15 is 0 Å². The molecule has 3 nitrogen and oxygen atoms in total. The molecule has 2 atom stereocenters. The predicted octanol–water partition coefficient (Wildman–Crippen LogP) is 3.70. The molecule has 0 amide bonds. The van der Waals surface area contributed by atoms with Crippen molar-refractivity contribution in [2.45, 2.75) is 25.9 Å². The molecular weight excluding hydrogens is 265 g/mol. The summed E-state index contributed by atoms with van der Waals surface area (Å²) >= 11 is 0. The highest BCUT2D eigenvalue weighted by atomic mass is 19.1. The molecule has 1 heterocycles. The Balaban J connectivity index is 2.27. The average Bonchev–Trinajstić information content (AvgIpc) is 2.53. The van der Waals surface area contributed by atoms with Crippen LogP contribution in [0, 0.1) is 5.82 Å². The van der Waals surface area contributed by atoms with Crippen LogP contribution < -0.4 is 10.2 Å². The van der Waals surface area contributed by atoms with E-state index in [1.54, 1.807) is 12.3 Å². The average molecular weight is 287 g/mol. The summed E-state index contributed by atoms with van der Waals surface area (Å²) in [4.78, 5) is 6.40. The zero-order valence-electron chi connectivity index (χ0n) is 13.0. The van der Waals surface area contributed by atoms with E-state index in [1.165, 1.54) is 6.07 Å². The molecule has 1 N–H and O–H groups in total. The molecule has 0 aliphatic rings. The Morgan fingerprint density at radius 1 is 1.19 bits per heavy atom. The van der Waals surface area contributed by atoms with E-state index in [0.717, 1.165) is 11.4 Å². The highest BCUT2D eigenvalue weighted by molar-refractivity contribution is 5.44.